The third kappa shape index (κ3) is 6.59. The molecule has 0 atom stereocenters. The molecule has 0 fully saturated rings. The maximum absolute atomic E-state index is 5.81. The molecule has 80 valence electrons. The highest BCUT2D eigenvalue weighted by molar-refractivity contribution is 6.21. The molecule has 13 heavy (non-hydrogen) atoms. The van der Waals surface area contributed by atoms with Gasteiger partial charge in [-0.15, -0.1) is 23.2 Å². The van der Waals surface area contributed by atoms with Crippen LogP contribution in [0.15, 0.2) is 0 Å². The molecule has 0 aromatic rings. The first kappa shape index (κ1) is 13.5. The van der Waals surface area contributed by atoms with Crippen LogP contribution in [0.25, 0.3) is 0 Å². The van der Waals surface area contributed by atoms with E-state index < -0.39 is 0 Å². The fourth-order valence-electron chi connectivity index (χ4n) is 0.807. The van der Waals surface area contributed by atoms with Crippen LogP contribution in [0.3, 0.4) is 0 Å². The predicted octanol–water partition coefficient (Wildman–Crippen LogP) is 3.53. The fourth-order valence-corrected chi connectivity index (χ4v) is 1.36. The van der Waals surface area contributed by atoms with E-state index in [1.807, 2.05) is 0 Å². The SMILES string of the molecule is CC(C)COCCC(C)(CCl)CCl. The molecule has 0 amide bonds. The molecule has 0 N–H and O–H groups in total. The van der Waals surface area contributed by atoms with Gasteiger partial charge in [-0.25, -0.2) is 0 Å². The lowest BCUT2D eigenvalue weighted by atomic mass is 9.92. The Labute approximate surface area is 91.7 Å². The van der Waals surface area contributed by atoms with Crippen molar-refractivity contribution in [1.82, 2.24) is 0 Å². The summed E-state index contributed by atoms with van der Waals surface area (Å²) in [5, 5.41) is 0. The van der Waals surface area contributed by atoms with Gasteiger partial charge in [-0.2, -0.15) is 0 Å². The van der Waals surface area contributed by atoms with Crippen LogP contribution in [0.5, 0.6) is 0 Å². The molecule has 1 nitrogen and oxygen atoms in total. The summed E-state index contributed by atoms with van der Waals surface area (Å²) >= 11 is 11.6. The topological polar surface area (TPSA) is 9.23 Å². The third-order valence-corrected chi connectivity index (χ3v) is 3.24. The number of ether oxygens (including phenoxy) is 1. The Morgan fingerprint density at radius 2 is 1.77 bits per heavy atom. The molecule has 0 saturated heterocycles. The van der Waals surface area contributed by atoms with Gasteiger partial charge in [-0.1, -0.05) is 20.8 Å². The smallest absolute Gasteiger partial charge is 0.0488 e. The molecule has 0 aliphatic carbocycles. The Hall–Kier alpha value is 0.540. The first-order chi connectivity index (χ1) is 6.04. The average Bonchev–Trinajstić information content (AvgIpc) is 2.12. The van der Waals surface area contributed by atoms with Gasteiger partial charge < -0.3 is 4.74 Å². The lowest BCUT2D eigenvalue weighted by Gasteiger charge is -2.23. The van der Waals surface area contributed by atoms with Crippen LogP contribution in [0, 0.1) is 11.3 Å². The highest BCUT2D eigenvalue weighted by Gasteiger charge is 2.21. The van der Waals surface area contributed by atoms with Crippen molar-refractivity contribution in [2.45, 2.75) is 27.2 Å². The van der Waals surface area contributed by atoms with E-state index in [4.69, 9.17) is 27.9 Å². The largest absolute Gasteiger partial charge is 0.381 e. The van der Waals surface area contributed by atoms with Gasteiger partial charge in [0.2, 0.25) is 0 Å². The van der Waals surface area contributed by atoms with Gasteiger partial charge >= 0.3 is 0 Å². The van der Waals surface area contributed by atoms with Gasteiger partial charge in [-0.3, -0.25) is 0 Å². The van der Waals surface area contributed by atoms with Crippen LogP contribution in [0.4, 0.5) is 0 Å². The summed E-state index contributed by atoms with van der Waals surface area (Å²) in [6.45, 7) is 7.95. The van der Waals surface area contributed by atoms with Crippen LogP contribution >= 0.6 is 23.2 Å². The molecule has 0 aliphatic heterocycles. The van der Waals surface area contributed by atoms with Crippen molar-refractivity contribution < 1.29 is 4.74 Å². The van der Waals surface area contributed by atoms with E-state index in [1.54, 1.807) is 0 Å². The van der Waals surface area contributed by atoms with Crippen molar-refractivity contribution in [3.05, 3.63) is 0 Å². The van der Waals surface area contributed by atoms with Crippen molar-refractivity contribution in [2.24, 2.45) is 11.3 Å². The molecular formula is C10H20Cl2O. The van der Waals surface area contributed by atoms with E-state index >= 15 is 0 Å². The fraction of sp³-hybridized carbons (Fsp3) is 1.00. The minimum Gasteiger partial charge on any atom is -0.381 e. The molecule has 0 unspecified atom stereocenters. The second kappa shape index (κ2) is 6.92. The Morgan fingerprint density at radius 1 is 1.23 bits per heavy atom. The number of halogens is 2. The molecule has 0 rings (SSSR count). The van der Waals surface area contributed by atoms with E-state index in [0.717, 1.165) is 19.6 Å². The zero-order chi connectivity index (χ0) is 10.3. The zero-order valence-electron chi connectivity index (χ0n) is 8.78. The second-order valence-electron chi connectivity index (χ2n) is 4.30. The van der Waals surface area contributed by atoms with Gasteiger partial charge in [0.05, 0.1) is 0 Å². The minimum atomic E-state index is 0.0279. The molecule has 3 heteroatoms. The molecule has 0 spiro atoms. The highest BCUT2D eigenvalue weighted by atomic mass is 35.5. The van der Waals surface area contributed by atoms with Gasteiger partial charge in [-0.05, 0) is 17.8 Å². The molecule has 0 heterocycles. The predicted molar refractivity (Wildman–Crippen MR) is 59.8 cm³/mol. The normalized spacial score (nSPS) is 12.5. The lowest BCUT2D eigenvalue weighted by Crippen LogP contribution is -2.23. The number of rotatable bonds is 7. The number of hydrogen-bond acceptors (Lipinski definition) is 1. The van der Waals surface area contributed by atoms with E-state index in [1.165, 1.54) is 0 Å². The number of hydrogen-bond donors (Lipinski definition) is 0. The van der Waals surface area contributed by atoms with Gasteiger partial charge in [0.1, 0.15) is 0 Å². The monoisotopic (exact) mass is 226 g/mol. The molecule has 0 aromatic heterocycles. The van der Waals surface area contributed by atoms with Gasteiger partial charge in [0.25, 0.3) is 0 Å². The summed E-state index contributed by atoms with van der Waals surface area (Å²) in [5.74, 6) is 1.79. The van der Waals surface area contributed by atoms with E-state index in [2.05, 4.69) is 20.8 Å². The van der Waals surface area contributed by atoms with E-state index in [0.29, 0.717) is 17.7 Å². The molecule has 0 saturated carbocycles. The summed E-state index contributed by atoms with van der Waals surface area (Å²) in [6, 6.07) is 0. The second-order valence-corrected chi connectivity index (χ2v) is 4.83. The van der Waals surface area contributed by atoms with E-state index in [9.17, 15) is 0 Å². The quantitative estimate of drug-likeness (QED) is 0.477. The zero-order valence-corrected chi connectivity index (χ0v) is 10.3. The highest BCUT2D eigenvalue weighted by Crippen LogP contribution is 2.24. The van der Waals surface area contributed by atoms with E-state index in [-0.39, 0.29) is 5.41 Å². The van der Waals surface area contributed by atoms with Crippen LogP contribution in [-0.4, -0.2) is 25.0 Å². The molecule has 0 aliphatic rings. The Balaban J connectivity index is 3.50. The summed E-state index contributed by atoms with van der Waals surface area (Å²) in [6.07, 6.45) is 0.937. The summed E-state index contributed by atoms with van der Waals surface area (Å²) in [7, 11) is 0. The minimum absolute atomic E-state index is 0.0279. The van der Waals surface area contributed by atoms with Crippen molar-refractivity contribution in [3.8, 4) is 0 Å². The third-order valence-electron chi connectivity index (χ3n) is 1.95. The van der Waals surface area contributed by atoms with Crippen LogP contribution < -0.4 is 0 Å². The maximum Gasteiger partial charge on any atom is 0.0488 e. The molecular weight excluding hydrogens is 207 g/mol. The Morgan fingerprint density at radius 3 is 2.15 bits per heavy atom. The van der Waals surface area contributed by atoms with Crippen molar-refractivity contribution in [3.63, 3.8) is 0 Å². The summed E-state index contributed by atoms with van der Waals surface area (Å²) in [4.78, 5) is 0. The Bertz CT molecular complexity index is 122. The standard InChI is InChI=1S/C10H20Cl2O/c1-9(2)6-13-5-4-10(3,7-11)8-12/h9H,4-8H2,1-3H3. The van der Waals surface area contributed by atoms with Gasteiger partial charge in [0, 0.05) is 25.0 Å². The molecule has 0 radical (unpaired) electrons. The van der Waals surface area contributed by atoms with Crippen LogP contribution in [-0.2, 0) is 4.74 Å². The molecule has 0 aromatic carbocycles. The van der Waals surface area contributed by atoms with Gasteiger partial charge in [0.15, 0.2) is 0 Å². The maximum atomic E-state index is 5.81. The van der Waals surface area contributed by atoms with Crippen LogP contribution in [0.1, 0.15) is 27.2 Å². The summed E-state index contributed by atoms with van der Waals surface area (Å²) < 4.78 is 5.48. The van der Waals surface area contributed by atoms with Crippen molar-refractivity contribution in [1.29, 1.82) is 0 Å². The first-order valence-electron chi connectivity index (χ1n) is 4.74. The molecule has 0 bridgehead atoms. The van der Waals surface area contributed by atoms with Crippen molar-refractivity contribution >= 4 is 23.2 Å². The van der Waals surface area contributed by atoms with Crippen molar-refractivity contribution in [2.75, 3.05) is 25.0 Å². The average molecular weight is 227 g/mol. The summed E-state index contributed by atoms with van der Waals surface area (Å²) in [5.41, 5.74) is 0.0279. The Kier molecular flexibility index (Phi) is 7.20. The van der Waals surface area contributed by atoms with Crippen LogP contribution in [0.2, 0.25) is 0 Å². The lowest BCUT2D eigenvalue weighted by molar-refractivity contribution is 0.0894. The first-order valence-corrected chi connectivity index (χ1v) is 5.80. The number of alkyl halides is 2.